The third kappa shape index (κ3) is 4.56. The number of carbonyl (C=O) groups excluding carboxylic acids is 1. The van der Waals surface area contributed by atoms with Crippen LogP contribution in [0.5, 0.6) is 11.5 Å². The van der Waals surface area contributed by atoms with Gasteiger partial charge in [-0.1, -0.05) is 12.1 Å². The third-order valence-corrected chi connectivity index (χ3v) is 4.76. The van der Waals surface area contributed by atoms with Crippen LogP contribution in [0.15, 0.2) is 29.1 Å². The Labute approximate surface area is 181 Å². The van der Waals surface area contributed by atoms with Gasteiger partial charge in [0.25, 0.3) is 5.56 Å². The van der Waals surface area contributed by atoms with Gasteiger partial charge in [-0.2, -0.15) is 13.2 Å². The minimum Gasteiger partial charge on any atom is -0.497 e. The van der Waals surface area contributed by atoms with Gasteiger partial charge in [0.15, 0.2) is 23.7 Å². The first kappa shape index (κ1) is 23.2. The van der Waals surface area contributed by atoms with Crippen LogP contribution >= 0.6 is 0 Å². The lowest BCUT2D eigenvalue weighted by atomic mass is 10.2. The molecule has 0 saturated carbocycles. The normalized spacial score (nSPS) is 11.6. The second-order valence-electron chi connectivity index (χ2n) is 6.96. The molecule has 8 nitrogen and oxygen atoms in total. The number of fused-ring (bicyclic) bond motifs is 1. The molecule has 0 N–H and O–H groups in total. The van der Waals surface area contributed by atoms with Gasteiger partial charge >= 0.3 is 12.1 Å². The van der Waals surface area contributed by atoms with Gasteiger partial charge in [0.05, 0.1) is 20.3 Å². The van der Waals surface area contributed by atoms with Crippen molar-refractivity contribution in [2.75, 3.05) is 20.3 Å². The van der Waals surface area contributed by atoms with E-state index in [1.54, 1.807) is 38.1 Å². The van der Waals surface area contributed by atoms with E-state index in [1.165, 1.54) is 23.3 Å². The van der Waals surface area contributed by atoms with Crippen molar-refractivity contribution < 1.29 is 32.2 Å². The molecule has 0 radical (unpaired) electrons. The maximum atomic E-state index is 13.4. The maximum Gasteiger partial charge on any atom is 0.422 e. The maximum absolute atomic E-state index is 13.4. The monoisotopic (exact) mass is 453 g/mol. The molecule has 0 fully saturated rings. The lowest BCUT2D eigenvalue weighted by molar-refractivity contribution is -0.153. The van der Waals surface area contributed by atoms with Crippen molar-refractivity contribution in [3.8, 4) is 11.5 Å². The summed E-state index contributed by atoms with van der Waals surface area (Å²) in [6.45, 7) is 1.55. The van der Waals surface area contributed by atoms with E-state index in [0.717, 1.165) is 5.56 Å². The fourth-order valence-corrected chi connectivity index (χ4v) is 3.33. The van der Waals surface area contributed by atoms with Crippen molar-refractivity contribution in [3.63, 3.8) is 0 Å². The van der Waals surface area contributed by atoms with Crippen molar-refractivity contribution in [2.45, 2.75) is 26.6 Å². The Bertz CT molecular complexity index is 1210. The topological polar surface area (TPSA) is 84.6 Å². The standard InChI is InChI=1S/C21H22F3N3O5/c1-5-31-20(29)16-17(32-11-21(22,23)24)15-18(26(16)3)25-12(2)27(19(15)28)10-13-7-6-8-14(9-13)30-4/h6-9H,5,10-11H2,1-4H3. The van der Waals surface area contributed by atoms with E-state index < -0.39 is 30.1 Å². The second-order valence-corrected chi connectivity index (χ2v) is 6.96. The first-order valence-corrected chi connectivity index (χ1v) is 9.66. The highest BCUT2D eigenvalue weighted by Crippen LogP contribution is 2.32. The van der Waals surface area contributed by atoms with Crippen LogP contribution in [0.4, 0.5) is 13.2 Å². The van der Waals surface area contributed by atoms with E-state index >= 15 is 0 Å². The first-order chi connectivity index (χ1) is 15.1. The van der Waals surface area contributed by atoms with Crippen molar-refractivity contribution in [1.82, 2.24) is 14.1 Å². The number of benzene rings is 1. The molecule has 3 rings (SSSR count). The molecule has 0 atom stereocenters. The quantitative estimate of drug-likeness (QED) is 0.511. The lowest BCUT2D eigenvalue weighted by Crippen LogP contribution is -2.25. The summed E-state index contributed by atoms with van der Waals surface area (Å²) in [4.78, 5) is 30.2. The van der Waals surface area contributed by atoms with E-state index in [0.29, 0.717) is 11.6 Å². The Hall–Kier alpha value is -3.50. The highest BCUT2D eigenvalue weighted by molar-refractivity contribution is 6.00. The fraction of sp³-hybridized carbons (Fsp3) is 0.381. The number of esters is 1. The molecule has 2 heterocycles. The highest BCUT2D eigenvalue weighted by Gasteiger charge is 2.33. The number of hydrogen-bond donors (Lipinski definition) is 0. The molecule has 32 heavy (non-hydrogen) atoms. The number of hydrogen-bond acceptors (Lipinski definition) is 6. The molecule has 0 aliphatic rings. The largest absolute Gasteiger partial charge is 0.497 e. The van der Waals surface area contributed by atoms with E-state index in [-0.39, 0.29) is 29.9 Å². The molecule has 2 aromatic heterocycles. The zero-order chi connectivity index (χ0) is 23.6. The van der Waals surface area contributed by atoms with Gasteiger partial charge in [0.2, 0.25) is 0 Å². The SMILES string of the molecule is CCOC(=O)c1c(OCC(F)(F)F)c2c(=O)n(Cc3cccc(OC)c3)c(C)nc2n1C. The number of methoxy groups -OCH3 is 1. The van der Waals surface area contributed by atoms with Crippen LogP contribution in [0.1, 0.15) is 28.8 Å². The number of halogens is 3. The summed E-state index contributed by atoms with van der Waals surface area (Å²) in [5.41, 5.74) is -0.211. The van der Waals surface area contributed by atoms with Crippen LogP contribution in [-0.4, -0.2) is 46.6 Å². The Morgan fingerprint density at radius 3 is 2.59 bits per heavy atom. The molecule has 0 amide bonds. The molecule has 172 valence electrons. The number of ether oxygens (including phenoxy) is 3. The van der Waals surface area contributed by atoms with Crippen molar-refractivity contribution in [2.24, 2.45) is 7.05 Å². The zero-order valence-corrected chi connectivity index (χ0v) is 17.9. The summed E-state index contributed by atoms with van der Waals surface area (Å²) in [5.74, 6) is -0.527. The molecule has 0 aliphatic heterocycles. The van der Waals surface area contributed by atoms with Crippen LogP contribution in [0.25, 0.3) is 11.0 Å². The van der Waals surface area contributed by atoms with Crippen molar-refractivity contribution in [1.29, 1.82) is 0 Å². The molecular formula is C21H22F3N3O5. The molecule has 0 bridgehead atoms. The molecule has 0 aliphatic carbocycles. The highest BCUT2D eigenvalue weighted by atomic mass is 19.4. The van der Waals surface area contributed by atoms with E-state index in [2.05, 4.69) is 4.98 Å². The van der Waals surface area contributed by atoms with Gasteiger partial charge in [-0.25, -0.2) is 9.78 Å². The summed E-state index contributed by atoms with van der Waals surface area (Å²) in [7, 11) is 2.92. The summed E-state index contributed by atoms with van der Waals surface area (Å²) in [6.07, 6.45) is -4.67. The Kier molecular flexibility index (Phi) is 6.47. The summed E-state index contributed by atoms with van der Waals surface area (Å²) in [5, 5.41) is -0.228. The van der Waals surface area contributed by atoms with Gasteiger partial charge in [0.1, 0.15) is 17.0 Å². The molecule has 0 saturated heterocycles. The van der Waals surface area contributed by atoms with Crippen LogP contribution < -0.4 is 15.0 Å². The molecule has 1 aromatic carbocycles. The number of nitrogens with zero attached hydrogens (tertiary/aromatic N) is 3. The Morgan fingerprint density at radius 1 is 1.25 bits per heavy atom. The van der Waals surface area contributed by atoms with Crippen LogP contribution in [-0.2, 0) is 18.3 Å². The van der Waals surface area contributed by atoms with Crippen molar-refractivity contribution >= 4 is 17.0 Å². The predicted octanol–water partition coefficient (Wildman–Crippen LogP) is 3.22. The average molecular weight is 453 g/mol. The average Bonchev–Trinajstić information content (AvgIpc) is 3.01. The van der Waals surface area contributed by atoms with Gasteiger partial charge in [-0.3, -0.25) is 9.36 Å². The number of aryl methyl sites for hydroxylation is 2. The molecule has 0 unspecified atom stereocenters. The van der Waals surface area contributed by atoms with E-state index in [4.69, 9.17) is 14.2 Å². The van der Waals surface area contributed by atoms with Crippen LogP contribution in [0, 0.1) is 6.92 Å². The molecule has 0 spiro atoms. The van der Waals surface area contributed by atoms with Gasteiger partial charge in [0, 0.05) is 7.05 Å². The molecular weight excluding hydrogens is 431 g/mol. The first-order valence-electron chi connectivity index (χ1n) is 9.66. The predicted molar refractivity (Wildman–Crippen MR) is 109 cm³/mol. The molecule has 11 heteroatoms. The number of aromatic nitrogens is 3. The summed E-state index contributed by atoms with van der Waals surface area (Å²) < 4.78 is 56.2. The minimum atomic E-state index is -4.67. The summed E-state index contributed by atoms with van der Waals surface area (Å²) >= 11 is 0. The fourth-order valence-electron chi connectivity index (χ4n) is 3.33. The van der Waals surface area contributed by atoms with Gasteiger partial charge in [-0.05, 0) is 31.5 Å². The van der Waals surface area contributed by atoms with Gasteiger partial charge in [-0.15, -0.1) is 0 Å². The summed E-state index contributed by atoms with van der Waals surface area (Å²) in [6, 6.07) is 6.99. The smallest absolute Gasteiger partial charge is 0.422 e. The third-order valence-electron chi connectivity index (χ3n) is 4.76. The van der Waals surface area contributed by atoms with Crippen LogP contribution in [0.2, 0.25) is 0 Å². The molecule has 3 aromatic rings. The zero-order valence-electron chi connectivity index (χ0n) is 17.9. The van der Waals surface area contributed by atoms with Crippen molar-refractivity contribution in [3.05, 3.63) is 51.7 Å². The van der Waals surface area contributed by atoms with E-state index in [9.17, 15) is 22.8 Å². The number of carbonyl (C=O) groups is 1. The number of alkyl halides is 3. The number of rotatable bonds is 7. The van der Waals surface area contributed by atoms with Gasteiger partial charge < -0.3 is 18.8 Å². The lowest BCUT2D eigenvalue weighted by Gasteiger charge is -2.12. The second kappa shape index (κ2) is 8.93. The minimum absolute atomic E-state index is 0.00834. The van der Waals surface area contributed by atoms with Crippen LogP contribution in [0.3, 0.4) is 0 Å². The Balaban J connectivity index is 2.22. The Morgan fingerprint density at radius 2 is 1.97 bits per heavy atom. The van der Waals surface area contributed by atoms with E-state index in [1.807, 2.05) is 0 Å².